The van der Waals surface area contributed by atoms with Crippen molar-refractivity contribution in [2.45, 2.75) is 25.7 Å². The predicted molar refractivity (Wildman–Crippen MR) is 77.9 cm³/mol. The summed E-state index contributed by atoms with van der Waals surface area (Å²) in [6, 6.07) is 7.39. The number of urea groups is 1. The molecule has 0 aromatic heterocycles. The summed E-state index contributed by atoms with van der Waals surface area (Å²) in [6.07, 6.45) is 0. The molecular weight excluding hydrogens is 258 g/mol. The highest BCUT2D eigenvalue weighted by atomic mass is 16.7. The Morgan fingerprint density at radius 2 is 1.70 bits per heavy atom. The van der Waals surface area contributed by atoms with Gasteiger partial charge in [0.05, 0.1) is 19.3 Å². The summed E-state index contributed by atoms with van der Waals surface area (Å²) in [4.78, 5) is 11.2. The van der Waals surface area contributed by atoms with E-state index in [0.717, 1.165) is 11.4 Å². The molecule has 1 fully saturated rings. The van der Waals surface area contributed by atoms with E-state index in [-0.39, 0.29) is 12.1 Å². The van der Waals surface area contributed by atoms with Gasteiger partial charge < -0.3 is 25.4 Å². The average Bonchev–Trinajstić information content (AvgIpc) is 2.43. The van der Waals surface area contributed by atoms with Crippen LogP contribution < -0.4 is 16.0 Å². The Bertz CT molecular complexity index is 449. The van der Waals surface area contributed by atoms with E-state index in [1.807, 2.05) is 38.1 Å². The van der Waals surface area contributed by atoms with Gasteiger partial charge in [0, 0.05) is 18.4 Å². The molecule has 0 atom stereocenters. The Kier molecular flexibility index (Phi) is 4.46. The molecule has 0 aliphatic carbocycles. The second kappa shape index (κ2) is 6.11. The largest absolute Gasteiger partial charge is 0.378 e. The fourth-order valence-electron chi connectivity index (χ4n) is 1.85. The molecule has 20 heavy (non-hydrogen) atoms. The zero-order valence-electron chi connectivity index (χ0n) is 12.0. The summed E-state index contributed by atoms with van der Waals surface area (Å²) >= 11 is 0. The van der Waals surface area contributed by atoms with Gasteiger partial charge in [-0.15, -0.1) is 0 Å². The maximum Gasteiger partial charge on any atom is 0.318 e. The van der Waals surface area contributed by atoms with Crippen LogP contribution in [0.1, 0.15) is 13.8 Å². The Morgan fingerprint density at radius 3 is 2.25 bits per heavy atom. The van der Waals surface area contributed by atoms with Gasteiger partial charge in [-0.3, -0.25) is 0 Å². The molecule has 3 N–H and O–H groups in total. The van der Waals surface area contributed by atoms with Crippen LogP contribution in [0, 0.1) is 0 Å². The first-order valence-corrected chi connectivity index (χ1v) is 6.62. The second-order valence-corrected chi connectivity index (χ2v) is 5.14. The number of nitrogens with one attached hydrogen (secondary N) is 3. The molecule has 0 radical (unpaired) electrons. The summed E-state index contributed by atoms with van der Waals surface area (Å²) in [5.41, 5.74) is 1.71. The molecule has 0 unspecified atom stereocenters. The van der Waals surface area contributed by atoms with E-state index in [0.29, 0.717) is 13.2 Å². The van der Waals surface area contributed by atoms with Crippen molar-refractivity contribution in [2.24, 2.45) is 0 Å². The minimum absolute atomic E-state index is 0.126. The fourth-order valence-corrected chi connectivity index (χ4v) is 1.85. The molecule has 1 heterocycles. The monoisotopic (exact) mass is 279 g/mol. The molecule has 1 aliphatic heterocycles. The molecule has 110 valence electrons. The molecule has 0 saturated carbocycles. The highest BCUT2D eigenvalue weighted by molar-refractivity contribution is 5.89. The van der Waals surface area contributed by atoms with E-state index in [1.54, 1.807) is 7.05 Å². The summed E-state index contributed by atoms with van der Waals surface area (Å²) < 4.78 is 11.2. The Balaban J connectivity index is 1.86. The Morgan fingerprint density at radius 1 is 1.15 bits per heavy atom. The van der Waals surface area contributed by atoms with Crippen LogP contribution in [0.25, 0.3) is 0 Å². The number of rotatable bonds is 3. The first-order valence-electron chi connectivity index (χ1n) is 6.62. The van der Waals surface area contributed by atoms with Gasteiger partial charge in [0.15, 0.2) is 5.79 Å². The molecule has 1 aromatic rings. The zero-order chi connectivity index (χ0) is 14.6. The van der Waals surface area contributed by atoms with Crippen LogP contribution in [0.5, 0.6) is 0 Å². The molecule has 1 saturated heterocycles. The average molecular weight is 279 g/mol. The lowest BCUT2D eigenvalue weighted by molar-refractivity contribution is -0.247. The van der Waals surface area contributed by atoms with Crippen LogP contribution in [0.15, 0.2) is 24.3 Å². The number of ether oxygens (including phenoxy) is 2. The summed E-state index contributed by atoms with van der Waals surface area (Å²) in [5, 5.41) is 8.54. The number of anilines is 2. The van der Waals surface area contributed by atoms with Crippen LogP contribution in [-0.2, 0) is 9.47 Å². The summed E-state index contributed by atoms with van der Waals surface area (Å²) in [5.74, 6) is -0.501. The zero-order valence-corrected chi connectivity index (χ0v) is 12.0. The third kappa shape index (κ3) is 4.11. The van der Waals surface area contributed by atoms with Crippen molar-refractivity contribution >= 4 is 17.4 Å². The van der Waals surface area contributed by atoms with Crippen LogP contribution in [0.4, 0.5) is 16.2 Å². The van der Waals surface area contributed by atoms with E-state index < -0.39 is 5.79 Å². The lowest BCUT2D eigenvalue weighted by Crippen LogP contribution is -2.45. The molecule has 2 rings (SSSR count). The van der Waals surface area contributed by atoms with Crippen LogP contribution in [-0.4, -0.2) is 38.1 Å². The van der Waals surface area contributed by atoms with Crippen molar-refractivity contribution in [1.29, 1.82) is 0 Å². The van der Waals surface area contributed by atoms with Crippen molar-refractivity contribution in [1.82, 2.24) is 5.32 Å². The van der Waals surface area contributed by atoms with Crippen molar-refractivity contribution in [2.75, 3.05) is 30.9 Å². The lowest BCUT2D eigenvalue weighted by atomic mass is 10.2. The maximum atomic E-state index is 11.2. The van der Waals surface area contributed by atoms with E-state index in [2.05, 4.69) is 16.0 Å². The van der Waals surface area contributed by atoms with Crippen molar-refractivity contribution in [3.05, 3.63) is 24.3 Å². The Labute approximate surface area is 118 Å². The van der Waals surface area contributed by atoms with Gasteiger partial charge in [-0.05, 0) is 38.1 Å². The SMILES string of the molecule is CNC(=O)Nc1ccc(NC2COC(C)(C)OC2)cc1. The van der Waals surface area contributed by atoms with Crippen molar-refractivity contribution in [3.8, 4) is 0 Å². The summed E-state index contributed by atoms with van der Waals surface area (Å²) in [7, 11) is 1.58. The van der Waals surface area contributed by atoms with Gasteiger partial charge in [0.25, 0.3) is 0 Å². The van der Waals surface area contributed by atoms with Crippen LogP contribution in [0.2, 0.25) is 0 Å². The number of hydrogen-bond acceptors (Lipinski definition) is 4. The lowest BCUT2D eigenvalue weighted by Gasteiger charge is -2.35. The molecule has 6 nitrogen and oxygen atoms in total. The number of carbonyl (C=O) groups excluding carboxylic acids is 1. The minimum atomic E-state index is -0.501. The molecule has 2 amide bonds. The van der Waals surface area contributed by atoms with Crippen molar-refractivity contribution < 1.29 is 14.3 Å². The normalized spacial score (nSPS) is 18.4. The van der Waals surface area contributed by atoms with Gasteiger partial charge in [-0.1, -0.05) is 0 Å². The molecule has 0 bridgehead atoms. The number of amides is 2. The van der Waals surface area contributed by atoms with E-state index in [9.17, 15) is 4.79 Å². The van der Waals surface area contributed by atoms with Crippen LogP contribution in [0.3, 0.4) is 0 Å². The number of carbonyl (C=O) groups is 1. The first kappa shape index (κ1) is 14.6. The van der Waals surface area contributed by atoms with Gasteiger partial charge in [0.2, 0.25) is 0 Å². The second-order valence-electron chi connectivity index (χ2n) is 5.14. The quantitative estimate of drug-likeness (QED) is 0.791. The van der Waals surface area contributed by atoms with Gasteiger partial charge >= 0.3 is 6.03 Å². The molecule has 6 heteroatoms. The standard InChI is InChI=1S/C14H21N3O3/c1-14(2)19-8-12(9-20-14)16-10-4-6-11(7-5-10)17-13(18)15-3/h4-7,12,16H,8-9H2,1-3H3,(H2,15,17,18). The van der Waals surface area contributed by atoms with Gasteiger partial charge in [0.1, 0.15) is 0 Å². The Hall–Kier alpha value is -1.79. The highest BCUT2D eigenvalue weighted by Gasteiger charge is 2.28. The van der Waals surface area contributed by atoms with Crippen molar-refractivity contribution in [3.63, 3.8) is 0 Å². The van der Waals surface area contributed by atoms with E-state index >= 15 is 0 Å². The highest BCUT2D eigenvalue weighted by Crippen LogP contribution is 2.20. The van der Waals surface area contributed by atoms with Gasteiger partial charge in [-0.25, -0.2) is 4.79 Å². The molecular formula is C14H21N3O3. The number of hydrogen-bond donors (Lipinski definition) is 3. The third-order valence-electron chi connectivity index (χ3n) is 3.00. The van der Waals surface area contributed by atoms with E-state index in [1.165, 1.54) is 0 Å². The smallest absolute Gasteiger partial charge is 0.318 e. The first-order chi connectivity index (χ1) is 9.48. The van der Waals surface area contributed by atoms with E-state index in [4.69, 9.17) is 9.47 Å². The molecule has 1 aliphatic rings. The summed E-state index contributed by atoms with van der Waals surface area (Å²) in [6.45, 7) is 5.02. The molecule has 0 spiro atoms. The third-order valence-corrected chi connectivity index (χ3v) is 3.00. The fraction of sp³-hybridized carbons (Fsp3) is 0.500. The van der Waals surface area contributed by atoms with Gasteiger partial charge in [-0.2, -0.15) is 0 Å². The van der Waals surface area contributed by atoms with Crippen LogP contribution >= 0.6 is 0 Å². The maximum absolute atomic E-state index is 11.2. The topological polar surface area (TPSA) is 71.6 Å². The number of benzene rings is 1. The molecule has 1 aromatic carbocycles. The minimum Gasteiger partial charge on any atom is -0.378 e. The predicted octanol–water partition coefficient (Wildman–Crippen LogP) is 2.00.